The molecule has 34 heavy (non-hydrogen) atoms. The predicted molar refractivity (Wildman–Crippen MR) is 135 cm³/mol. The minimum absolute atomic E-state index is 0.198. The smallest absolute Gasteiger partial charge is 0.269 e. The van der Waals surface area contributed by atoms with Crippen molar-refractivity contribution in [2.75, 3.05) is 51.3 Å². The molecule has 0 unspecified atom stereocenters. The number of nitriles is 1. The fourth-order valence-corrected chi connectivity index (χ4v) is 4.06. The van der Waals surface area contributed by atoms with Crippen LogP contribution in [-0.2, 0) is 4.74 Å². The van der Waals surface area contributed by atoms with Gasteiger partial charge in [0, 0.05) is 49.2 Å². The number of hydrogen-bond acceptors (Lipinski definition) is 6. The molecule has 2 aromatic carbocycles. The Hall–Kier alpha value is -3.44. The number of rotatable bonds is 8. The largest absolute Gasteiger partial charge is 0.379 e. The van der Waals surface area contributed by atoms with Gasteiger partial charge in [0.2, 0.25) is 0 Å². The lowest BCUT2D eigenvalue weighted by molar-refractivity contribution is 0.0383. The van der Waals surface area contributed by atoms with Crippen LogP contribution in [0.2, 0.25) is 5.02 Å². The Bertz CT molecular complexity index is 1250. The van der Waals surface area contributed by atoms with Crippen molar-refractivity contribution in [3.63, 3.8) is 0 Å². The molecule has 8 heteroatoms. The van der Waals surface area contributed by atoms with E-state index >= 15 is 0 Å². The third-order valence-corrected chi connectivity index (χ3v) is 6.02. The van der Waals surface area contributed by atoms with E-state index in [2.05, 4.69) is 27.1 Å². The first kappa shape index (κ1) is 23.7. The molecule has 174 valence electrons. The summed E-state index contributed by atoms with van der Waals surface area (Å²) in [7, 11) is 0. The van der Waals surface area contributed by atoms with E-state index in [9.17, 15) is 4.79 Å². The van der Waals surface area contributed by atoms with Crippen molar-refractivity contribution in [2.24, 2.45) is 0 Å². The number of nitrogens with zero attached hydrogens (tertiary/aromatic N) is 3. The summed E-state index contributed by atoms with van der Waals surface area (Å²) >= 11 is 6.45. The predicted octanol–water partition coefficient (Wildman–Crippen LogP) is 4.11. The number of halogens is 1. The summed E-state index contributed by atoms with van der Waals surface area (Å²) in [5, 5.41) is 17.6. The van der Waals surface area contributed by atoms with Crippen LogP contribution in [0.3, 0.4) is 0 Å². The second-order valence-electron chi connectivity index (χ2n) is 8.05. The molecule has 3 aromatic rings. The van der Waals surface area contributed by atoms with Crippen LogP contribution >= 0.6 is 11.6 Å². The number of hydrogen-bond donors (Lipinski definition) is 2. The van der Waals surface area contributed by atoms with Gasteiger partial charge in [-0.2, -0.15) is 5.26 Å². The lowest BCUT2D eigenvalue weighted by Crippen LogP contribution is -2.41. The number of carbonyl (C=O) groups is 1. The van der Waals surface area contributed by atoms with Crippen LogP contribution in [0.15, 0.2) is 60.7 Å². The molecule has 0 bridgehead atoms. The summed E-state index contributed by atoms with van der Waals surface area (Å²) in [6, 6.07) is 17.2. The minimum Gasteiger partial charge on any atom is -0.379 e. The summed E-state index contributed by atoms with van der Waals surface area (Å²) in [4.78, 5) is 19.5. The number of fused-ring (bicyclic) bond motifs is 1. The monoisotopic (exact) mass is 475 g/mol. The van der Waals surface area contributed by atoms with Gasteiger partial charge in [-0.15, -0.1) is 0 Å². The molecule has 0 radical (unpaired) electrons. The zero-order chi connectivity index (χ0) is 23.9. The Morgan fingerprint density at radius 1 is 1.21 bits per heavy atom. The van der Waals surface area contributed by atoms with Crippen LogP contribution in [0.25, 0.3) is 22.0 Å². The van der Waals surface area contributed by atoms with E-state index in [-0.39, 0.29) is 5.91 Å². The molecule has 1 aliphatic rings. The highest BCUT2D eigenvalue weighted by atomic mass is 35.5. The van der Waals surface area contributed by atoms with Gasteiger partial charge in [0.15, 0.2) is 0 Å². The number of benzene rings is 2. The van der Waals surface area contributed by atoms with Crippen LogP contribution in [-0.4, -0.2) is 61.7 Å². The summed E-state index contributed by atoms with van der Waals surface area (Å²) in [6.45, 7) is 8.60. The Morgan fingerprint density at radius 3 is 2.79 bits per heavy atom. The number of anilines is 1. The normalized spacial score (nSPS) is 13.9. The van der Waals surface area contributed by atoms with E-state index in [0.29, 0.717) is 35.1 Å². The van der Waals surface area contributed by atoms with Crippen molar-refractivity contribution in [3.8, 4) is 17.3 Å². The highest BCUT2D eigenvalue weighted by Gasteiger charge is 2.13. The highest BCUT2D eigenvalue weighted by Crippen LogP contribution is 2.34. The lowest BCUT2D eigenvalue weighted by Gasteiger charge is -2.26. The molecule has 1 saturated heterocycles. The van der Waals surface area contributed by atoms with Gasteiger partial charge < -0.3 is 15.4 Å². The van der Waals surface area contributed by atoms with Gasteiger partial charge in [0.25, 0.3) is 5.91 Å². The average Bonchev–Trinajstić information content (AvgIpc) is 2.88. The number of morpholine rings is 1. The third-order valence-electron chi connectivity index (χ3n) is 5.70. The van der Waals surface area contributed by atoms with Gasteiger partial charge in [-0.05, 0) is 29.7 Å². The quantitative estimate of drug-likeness (QED) is 0.476. The minimum atomic E-state index is -0.198. The van der Waals surface area contributed by atoms with Gasteiger partial charge in [-0.25, -0.2) is 4.98 Å². The first-order valence-electron chi connectivity index (χ1n) is 11.1. The standard InChI is InChI=1S/C26H26ClN5O2/c1-18(16-28)17-30-25-21-15-20(6-5-19(21)7-8-22(25)27)23-3-2-4-24(31-23)26(33)29-9-10-32-11-13-34-14-12-32/h2-8,15,30H,1,9-14,17H2,(H,29,33). The number of nitrogens with one attached hydrogen (secondary N) is 2. The molecular weight excluding hydrogens is 450 g/mol. The van der Waals surface area contributed by atoms with Gasteiger partial charge in [-0.1, -0.05) is 42.4 Å². The van der Waals surface area contributed by atoms with E-state index in [4.69, 9.17) is 21.6 Å². The lowest BCUT2D eigenvalue weighted by atomic mass is 10.0. The summed E-state index contributed by atoms with van der Waals surface area (Å²) in [5.41, 5.74) is 3.07. The maximum atomic E-state index is 12.7. The molecule has 2 N–H and O–H groups in total. The number of aromatic nitrogens is 1. The Kier molecular flexibility index (Phi) is 7.76. The first-order valence-corrected chi connectivity index (χ1v) is 11.5. The van der Waals surface area contributed by atoms with Gasteiger partial charge in [0.1, 0.15) is 5.69 Å². The number of ether oxygens (including phenoxy) is 1. The molecule has 1 amide bonds. The molecule has 0 saturated carbocycles. The van der Waals surface area contributed by atoms with Crippen molar-refractivity contribution >= 4 is 34.0 Å². The van der Waals surface area contributed by atoms with E-state index in [1.165, 1.54) is 0 Å². The van der Waals surface area contributed by atoms with E-state index in [1.54, 1.807) is 6.07 Å². The van der Waals surface area contributed by atoms with Crippen LogP contribution in [0.4, 0.5) is 5.69 Å². The second kappa shape index (κ2) is 11.1. The number of amides is 1. The summed E-state index contributed by atoms with van der Waals surface area (Å²) in [6.07, 6.45) is 0. The van der Waals surface area contributed by atoms with E-state index in [0.717, 1.165) is 54.9 Å². The fourth-order valence-electron chi connectivity index (χ4n) is 3.83. The summed E-state index contributed by atoms with van der Waals surface area (Å²) < 4.78 is 5.35. The second-order valence-corrected chi connectivity index (χ2v) is 8.45. The molecule has 1 fully saturated rings. The highest BCUT2D eigenvalue weighted by molar-refractivity contribution is 6.35. The summed E-state index contributed by atoms with van der Waals surface area (Å²) in [5.74, 6) is -0.198. The molecule has 1 aliphatic heterocycles. The van der Waals surface area contributed by atoms with Crippen LogP contribution < -0.4 is 10.6 Å². The van der Waals surface area contributed by atoms with Gasteiger partial charge in [-0.3, -0.25) is 9.69 Å². The van der Waals surface area contributed by atoms with Crippen molar-refractivity contribution in [3.05, 3.63) is 71.4 Å². The molecule has 0 aliphatic carbocycles. The Morgan fingerprint density at radius 2 is 2.00 bits per heavy atom. The molecule has 0 atom stereocenters. The van der Waals surface area contributed by atoms with Crippen molar-refractivity contribution in [1.82, 2.24) is 15.2 Å². The van der Waals surface area contributed by atoms with Crippen molar-refractivity contribution in [2.45, 2.75) is 0 Å². The Labute approximate surface area is 204 Å². The van der Waals surface area contributed by atoms with E-state index in [1.807, 2.05) is 48.5 Å². The molecule has 7 nitrogen and oxygen atoms in total. The first-order chi connectivity index (χ1) is 16.5. The third kappa shape index (κ3) is 5.72. The van der Waals surface area contributed by atoms with Crippen molar-refractivity contribution in [1.29, 1.82) is 5.26 Å². The van der Waals surface area contributed by atoms with Gasteiger partial charge >= 0.3 is 0 Å². The van der Waals surface area contributed by atoms with Crippen LogP contribution in [0, 0.1) is 11.3 Å². The topological polar surface area (TPSA) is 90.3 Å². The molecule has 1 aromatic heterocycles. The van der Waals surface area contributed by atoms with Gasteiger partial charge in [0.05, 0.1) is 35.7 Å². The number of carbonyl (C=O) groups excluding carboxylic acids is 1. The molecule has 2 heterocycles. The maximum absolute atomic E-state index is 12.7. The van der Waals surface area contributed by atoms with E-state index < -0.39 is 0 Å². The number of pyridine rings is 1. The Balaban J connectivity index is 1.52. The maximum Gasteiger partial charge on any atom is 0.269 e. The fraction of sp³-hybridized carbons (Fsp3) is 0.269. The van der Waals surface area contributed by atoms with Crippen LogP contribution in [0.1, 0.15) is 10.5 Å². The molecule has 0 spiro atoms. The van der Waals surface area contributed by atoms with Crippen LogP contribution in [0.5, 0.6) is 0 Å². The zero-order valence-electron chi connectivity index (χ0n) is 18.8. The SMILES string of the molecule is C=C(C#N)CNc1c(Cl)ccc2ccc(-c3cccc(C(=O)NCCN4CCOCC4)n3)cc12. The zero-order valence-corrected chi connectivity index (χ0v) is 19.6. The van der Waals surface area contributed by atoms with Crippen molar-refractivity contribution < 1.29 is 9.53 Å². The molecule has 4 rings (SSSR count). The molecular formula is C26H26ClN5O2. The average molecular weight is 476 g/mol.